The van der Waals surface area contributed by atoms with Crippen LogP contribution in [-0.4, -0.2) is 44.7 Å². The fourth-order valence-corrected chi connectivity index (χ4v) is 2.90. The van der Waals surface area contributed by atoms with E-state index in [0.717, 1.165) is 10.9 Å². The summed E-state index contributed by atoms with van der Waals surface area (Å²) in [7, 11) is 0. The summed E-state index contributed by atoms with van der Waals surface area (Å²) < 4.78 is 0. The number of hydrogen-bond donors (Lipinski definition) is 5. The number of pyridine rings is 2. The van der Waals surface area contributed by atoms with E-state index < -0.39 is 11.8 Å². The molecule has 0 aliphatic rings. The van der Waals surface area contributed by atoms with Gasteiger partial charge in [-0.25, -0.2) is 4.98 Å². The van der Waals surface area contributed by atoms with Crippen molar-refractivity contribution in [2.24, 2.45) is 5.92 Å². The largest absolute Gasteiger partial charge is 0.350 e. The standard InChI is InChI=1S/C22H22N8O2/c1-12(13(2)24)19(25)22(32)29-16-8-15-10-17(30-20(15)28-11-16)14-4-7-26-18(9-14)21(31)27-6-3-5-23/h4,7-12,24-25H,3,6H2,1-2H3,(H,27,31)(H,28,30)(H,29,32). The molecule has 0 aromatic carbocycles. The average molecular weight is 430 g/mol. The number of H-pyrrole nitrogens is 1. The molecule has 3 rings (SSSR count). The van der Waals surface area contributed by atoms with Gasteiger partial charge in [-0.2, -0.15) is 5.26 Å². The van der Waals surface area contributed by atoms with Crippen molar-refractivity contribution in [3.63, 3.8) is 0 Å². The first kappa shape index (κ1) is 22.3. The fourth-order valence-electron chi connectivity index (χ4n) is 2.90. The number of fused-ring (bicyclic) bond motifs is 1. The van der Waals surface area contributed by atoms with Gasteiger partial charge < -0.3 is 21.0 Å². The predicted molar refractivity (Wildman–Crippen MR) is 121 cm³/mol. The van der Waals surface area contributed by atoms with Crippen molar-refractivity contribution in [3.8, 4) is 17.3 Å². The van der Waals surface area contributed by atoms with Gasteiger partial charge in [-0.15, -0.1) is 0 Å². The summed E-state index contributed by atoms with van der Waals surface area (Å²) in [6.45, 7) is 3.44. The van der Waals surface area contributed by atoms with Gasteiger partial charge in [0, 0.05) is 41.0 Å². The molecule has 10 heteroatoms. The van der Waals surface area contributed by atoms with E-state index in [0.29, 0.717) is 17.0 Å². The molecule has 0 radical (unpaired) electrons. The van der Waals surface area contributed by atoms with Gasteiger partial charge >= 0.3 is 0 Å². The first-order chi connectivity index (χ1) is 15.3. The van der Waals surface area contributed by atoms with Crippen molar-refractivity contribution in [2.75, 3.05) is 11.9 Å². The molecule has 3 heterocycles. The van der Waals surface area contributed by atoms with Gasteiger partial charge in [-0.05, 0) is 31.2 Å². The highest BCUT2D eigenvalue weighted by molar-refractivity contribution is 6.45. The molecule has 10 nitrogen and oxygen atoms in total. The van der Waals surface area contributed by atoms with E-state index in [1.165, 1.54) is 12.4 Å². The van der Waals surface area contributed by atoms with E-state index in [1.807, 2.05) is 12.1 Å². The second-order valence-electron chi connectivity index (χ2n) is 7.21. The quantitative estimate of drug-likeness (QED) is 0.273. The van der Waals surface area contributed by atoms with E-state index in [2.05, 4.69) is 25.6 Å². The molecule has 32 heavy (non-hydrogen) atoms. The Kier molecular flexibility index (Phi) is 6.70. The zero-order chi connectivity index (χ0) is 23.3. The second-order valence-corrected chi connectivity index (χ2v) is 7.21. The Balaban J connectivity index is 1.79. The lowest BCUT2D eigenvalue weighted by Gasteiger charge is -2.11. The average Bonchev–Trinajstić information content (AvgIpc) is 3.21. The summed E-state index contributed by atoms with van der Waals surface area (Å²) >= 11 is 0. The zero-order valence-electron chi connectivity index (χ0n) is 17.6. The first-order valence-electron chi connectivity index (χ1n) is 9.85. The monoisotopic (exact) mass is 430 g/mol. The number of amides is 2. The highest BCUT2D eigenvalue weighted by Gasteiger charge is 2.19. The molecule has 0 saturated carbocycles. The molecular formula is C22H22N8O2. The number of nitrogens with one attached hydrogen (secondary N) is 5. The number of carbonyl (C=O) groups is 2. The molecule has 0 saturated heterocycles. The van der Waals surface area contributed by atoms with Crippen LogP contribution in [0, 0.1) is 28.1 Å². The van der Waals surface area contributed by atoms with Crippen LogP contribution in [0.3, 0.4) is 0 Å². The van der Waals surface area contributed by atoms with Crippen LogP contribution < -0.4 is 10.6 Å². The van der Waals surface area contributed by atoms with Gasteiger partial charge in [-0.1, -0.05) is 6.92 Å². The van der Waals surface area contributed by atoms with Crippen molar-refractivity contribution in [1.82, 2.24) is 20.3 Å². The van der Waals surface area contributed by atoms with Crippen LogP contribution in [0.1, 0.15) is 30.8 Å². The number of hydrogen-bond acceptors (Lipinski definition) is 7. The lowest BCUT2D eigenvalue weighted by Crippen LogP contribution is -2.30. The third-order valence-electron chi connectivity index (χ3n) is 4.88. The lowest BCUT2D eigenvalue weighted by atomic mass is 10.0. The summed E-state index contributed by atoms with van der Waals surface area (Å²) in [5.41, 5.74) is 2.74. The van der Waals surface area contributed by atoms with Gasteiger partial charge in [0.1, 0.15) is 17.1 Å². The Bertz CT molecular complexity index is 1250. The maximum Gasteiger partial charge on any atom is 0.270 e. The number of nitrogens with zero attached hydrogens (tertiary/aromatic N) is 3. The zero-order valence-corrected chi connectivity index (χ0v) is 17.6. The van der Waals surface area contributed by atoms with Crippen molar-refractivity contribution < 1.29 is 9.59 Å². The SMILES string of the molecule is CC(=N)C(C)C(=N)C(=O)Nc1cnc2[nH]c(-c3ccnc(C(=O)NCCC#N)c3)cc2c1. The minimum Gasteiger partial charge on any atom is -0.350 e. The van der Waals surface area contributed by atoms with E-state index in [4.69, 9.17) is 16.1 Å². The normalized spacial score (nSPS) is 11.4. The van der Waals surface area contributed by atoms with Crippen LogP contribution in [0.15, 0.2) is 36.7 Å². The first-order valence-corrected chi connectivity index (χ1v) is 9.85. The number of nitriles is 1. The van der Waals surface area contributed by atoms with Crippen molar-refractivity contribution in [3.05, 3.63) is 42.4 Å². The third-order valence-corrected chi connectivity index (χ3v) is 4.88. The summed E-state index contributed by atoms with van der Waals surface area (Å²) in [6.07, 6.45) is 3.23. The molecule has 2 amide bonds. The summed E-state index contributed by atoms with van der Waals surface area (Å²) in [5, 5.41) is 30.1. The Morgan fingerprint density at radius 2 is 2.03 bits per heavy atom. The molecule has 0 aliphatic heterocycles. The molecule has 5 N–H and O–H groups in total. The van der Waals surface area contributed by atoms with Crippen LogP contribution in [0.5, 0.6) is 0 Å². The summed E-state index contributed by atoms with van der Waals surface area (Å²) in [5.74, 6) is -1.51. The molecule has 0 bridgehead atoms. The molecule has 1 unspecified atom stereocenters. The summed E-state index contributed by atoms with van der Waals surface area (Å²) in [6, 6.07) is 8.92. The van der Waals surface area contributed by atoms with Crippen molar-refractivity contribution in [1.29, 1.82) is 16.1 Å². The lowest BCUT2D eigenvalue weighted by molar-refractivity contribution is -0.110. The summed E-state index contributed by atoms with van der Waals surface area (Å²) in [4.78, 5) is 36.0. The molecule has 3 aromatic rings. The Labute approximate surface area is 184 Å². The maximum atomic E-state index is 12.3. The minimum absolute atomic E-state index is 0.190. The highest BCUT2D eigenvalue weighted by atomic mass is 16.2. The number of carbonyl (C=O) groups excluding carboxylic acids is 2. The van der Waals surface area contributed by atoms with Crippen LogP contribution in [0.4, 0.5) is 5.69 Å². The van der Waals surface area contributed by atoms with Crippen LogP contribution >= 0.6 is 0 Å². The highest BCUT2D eigenvalue weighted by Crippen LogP contribution is 2.25. The van der Waals surface area contributed by atoms with E-state index in [9.17, 15) is 9.59 Å². The van der Waals surface area contributed by atoms with Crippen molar-refractivity contribution in [2.45, 2.75) is 20.3 Å². The molecular weight excluding hydrogens is 408 g/mol. The minimum atomic E-state index is -0.581. The van der Waals surface area contributed by atoms with Crippen LogP contribution in [0.25, 0.3) is 22.3 Å². The molecule has 0 fully saturated rings. The van der Waals surface area contributed by atoms with Gasteiger partial charge in [0.15, 0.2) is 0 Å². The molecule has 0 aliphatic carbocycles. The van der Waals surface area contributed by atoms with E-state index in [-0.39, 0.29) is 36.0 Å². The van der Waals surface area contributed by atoms with Gasteiger partial charge in [0.25, 0.3) is 11.8 Å². The van der Waals surface area contributed by atoms with Crippen LogP contribution in [-0.2, 0) is 4.79 Å². The Morgan fingerprint density at radius 1 is 1.25 bits per heavy atom. The van der Waals surface area contributed by atoms with E-state index in [1.54, 1.807) is 32.0 Å². The Hall–Kier alpha value is -4.39. The molecule has 3 aromatic heterocycles. The Morgan fingerprint density at radius 3 is 2.75 bits per heavy atom. The van der Waals surface area contributed by atoms with Gasteiger partial charge in [-0.3, -0.25) is 20.0 Å². The molecule has 0 spiro atoms. The maximum absolute atomic E-state index is 12.3. The number of aromatic nitrogens is 3. The third kappa shape index (κ3) is 5.02. The topological polar surface area (TPSA) is 171 Å². The molecule has 1 atom stereocenters. The van der Waals surface area contributed by atoms with E-state index >= 15 is 0 Å². The van der Waals surface area contributed by atoms with Crippen molar-refractivity contribution >= 4 is 40.0 Å². The number of aromatic amines is 1. The molecule has 162 valence electrons. The number of anilines is 1. The fraction of sp³-hybridized carbons (Fsp3) is 0.227. The van der Waals surface area contributed by atoms with Gasteiger partial charge in [0.05, 0.1) is 24.4 Å². The predicted octanol–water partition coefficient (Wildman–Crippen LogP) is 2.90. The van der Waals surface area contributed by atoms with Crippen LogP contribution in [0.2, 0.25) is 0 Å². The number of rotatable bonds is 8. The van der Waals surface area contributed by atoms with Gasteiger partial charge in [0.2, 0.25) is 0 Å². The second kappa shape index (κ2) is 9.61. The smallest absolute Gasteiger partial charge is 0.270 e.